The Morgan fingerprint density at radius 2 is 2.10 bits per heavy atom. The van der Waals surface area contributed by atoms with Crippen LogP contribution in [0.2, 0.25) is 0 Å². The lowest BCUT2D eigenvalue weighted by molar-refractivity contribution is -0.141. The van der Waals surface area contributed by atoms with Crippen LogP contribution in [0.25, 0.3) is 0 Å². The van der Waals surface area contributed by atoms with Crippen LogP contribution in [0, 0.1) is 5.92 Å². The summed E-state index contributed by atoms with van der Waals surface area (Å²) in [5.41, 5.74) is 9.59. The van der Waals surface area contributed by atoms with E-state index in [-0.39, 0.29) is 24.0 Å². The molecule has 1 atom stereocenters. The summed E-state index contributed by atoms with van der Waals surface area (Å²) in [5, 5.41) is 2.82. The summed E-state index contributed by atoms with van der Waals surface area (Å²) in [5.74, 6) is -0.688. The van der Waals surface area contributed by atoms with Gasteiger partial charge in [-0.1, -0.05) is 0 Å². The van der Waals surface area contributed by atoms with Gasteiger partial charge in [0.05, 0.1) is 5.56 Å². The van der Waals surface area contributed by atoms with E-state index in [9.17, 15) is 18.0 Å². The van der Waals surface area contributed by atoms with Crippen molar-refractivity contribution in [2.75, 3.05) is 11.9 Å². The van der Waals surface area contributed by atoms with Crippen LogP contribution in [0.1, 0.15) is 28.9 Å². The molecule has 0 saturated heterocycles. The van der Waals surface area contributed by atoms with Gasteiger partial charge in [-0.25, -0.2) is 4.98 Å². The first-order chi connectivity index (χ1) is 9.32. The van der Waals surface area contributed by atoms with Gasteiger partial charge in [-0.3, -0.25) is 4.79 Å². The zero-order valence-corrected chi connectivity index (χ0v) is 10.6. The predicted molar refractivity (Wildman–Crippen MR) is 66.9 cm³/mol. The Morgan fingerprint density at radius 3 is 2.55 bits per heavy atom. The highest BCUT2D eigenvalue weighted by Crippen LogP contribution is 2.35. The zero-order chi connectivity index (χ0) is 14.9. The number of rotatable bonds is 5. The molecule has 0 bridgehead atoms. The minimum absolute atomic E-state index is 0.0721. The quantitative estimate of drug-likeness (QED) is 0.762. The summed E-state index contributed by atoms with van der Waals surface area (Å²) in [4.78, 5) is 14.7. The number of carbonyl (C=O) groups is 1. The van der Waals surface area contributed by atoms with Gasteiger partial charge in [-0.15, -0.1) is 0 Å². The van der Waals surface area contributed by atoms with Gasteiger partial charge in [-0.2, -0.15) is 13.2 Å². The number of hydrogen-bond donors (Lipinski definition) is 3. The van der Waals surface area contributed by atoms with Crippen molar-refractivity contribution < 1.29 is 18.0 Å². The first kappa shape index (κ1) is 14.6. The summed E-state index contributed by atoms with van der Waals surface area (Å²) < 4.78 is 38.0. The Labute approximate surface area is 113 Å². The van der Waals surface area contributed by atoms with Crippen molar-refractivity contribution in [1.82, 2.24) is 4.98 Å². The largest absolute Gasteiger partial charge is 0.433 e. The summed E-state index contributed by atoms with van der Waals surface area (Å²) >= 11 is 0. The van der Waals surface area contributed by atoms with Crippen LogP contribution in [0.4, 0.5) is 19.0 Å². The summed E-state index contributed by atoms with van der Waals surface area (Å²) in [6.45, 7) is 0.251. The molecular weight excluding hydrogens is 273 g/mol. The molecule has 0 aliphatic heterocycles. The lowest BCUT2D eigenvalue weighted by atomic mass is 10.1. The third kappa shape index (κ3) is 3.19. The van der Waals surface area contributed by atoms with Gasteiger partial charge in [0, 0.05) is 12.6 Å². The molecule has 1 aliphatic carbocycles. The fourth-order valence-electron chi connectivity index (χ4n) is 1.97. The number of nitrogens with one attached hydrogen (secondary N) is 1. The third-order valence-corrected chi connectivity index (χ3v) is 3.22. The van der Waals surface area contributed by atoms with Gasteiger partial charge in [0.15, 0.2) is 0 Å². The fraction of sp³-hybridized carbons (Fsp3) is 0.500. The van der Waals surface area contributed by atoms with Crippen molar-refractivity contribution in [1.29, 1.82) is 0 Å². The number of pyridine rings is 1. The van der Waals surface area contributed by atoms with Gasteiger partial charge in [0.1, 0.15) is 11.5 Å². The standard InChI is InChI=1S/C12H15F3N4O/c13-12(14,15)9-4-3-7(10(17)20)11(19-9)18-8(5-16)6-1-2-6/h3-4,6,8H,1-2,5,16H2,(H2,17,20)(H,18,19). The second-order valence-electron chi connectivity index (χ2n) is 4.78. The van der Waals surface area contributed by atoms with Crippen molar-refractivity contribution in [3.63, 3.8) is 0 Å². The van der Waals surface area contributed by atoms with E-state index in [2.05, 4.69) is 10.3 Å². The van der Waals surface area contributed by atoms with E-state index in [1.807, 2.05) is 0 Å². The van der Waals surface area contributed by atoms with Crippen molar-refractivity contribution >= 4 is 11.7 Å². The highest BCUT2D eigenvalue weighted by molar-refractivity contribution is 5.97. The Hall–Kier alpha value is -1.83. The van der Waals surface area contributed by atoms with Gasteiger partial charge in [0.25, 0.3) is 5.91 Å². The predicted octanol–water partition coefficient (Wildman–Crippen LogP) is 1.35. The van der Waals surface area contributed by atoms with Crippen LogP contribution in [0.5, 0.6) is 0 Å². The second-order valence-corrected chi connectivity index (χ2v) is 4.78. The molecule has 8 heteroatoms. The van der Waals surface area contributed by atoms with E-state index >= 15 is 0 Å². The van der Waals surface area contributed by atoms with Crippen molar-refractivity contribution in [3.8, 4) is 0 Å². The first-order valence-corrected chi connectivity index (χ1v) is 6.17. The van der Waals surface area contributed by atoms with Crippen molar-refractivity contribution in [2.24, 2.45) is 17.4 Å². The number of halogens is 3. The molecule has 1 heterocycles. The summed E-state index contributed by atoms with van der Waals surface area (Å²) in [7, 11) is 0. The zero-order valence-electron chi connectivity index (χ0n) is 10.6. The van der Waals surface area contributed by atoms with Crippen molar-refractivity contribution in [3.05, 3.63) is 23.4 Å². The topological polar surface area (TPSA) is 94.0 Å². The lowest BCUT2D eigenvalue weighted by Crippen LogP contribution is -2.32. The highest BCUT2D eigenvalue weighted by atomic mass is 19.4. The Kier molecular flexibility index (Phi) is 3.85. The Balaban J connectivity index is 2.33. The normalized spacial score (nSPS) is 16.8. The van der Waals surface area contributed by atoms with Crippen LogP contribution >= 0.6 is 0 Å². The second kappa shape index (κ2) is 5.28. The number of anilines is 1. The molecule has 1 fully saturated rings. The molecule has 5 nitrogen and oxygen atoms in total. The van der Waals surface area contributed by atoms with Gasteiger partial charge in [-0.05, 0) is 30.9 Å². The van der Waals surface area contributed by atoms with E-state index in [0.717, 1.165) is 25.0 Å². The van der Waals surface area contributed by atoms with Crippen molar-refractivity contribution in [2.45, 2.75) is 25.1 Å². The molecule has 0 radical (unpaired) electrons. The summed E-state index contributed by atoms with van der Waals surface area (Å²) in [6, 6.07) is 1.56. The maximum absolute atomic E-state index is 12.7. The minimum atomic E-state index is -4.58. The summed E-state index contributed by atoms with van der Waals surface area (Å²) in [6.07, 6.45) is -2.66. The monoisotopic (exact) mass is 288 g/mol. The van der Waals surface area contributed by atoms with Gasteiger partial charge in [0.2, 0.25) is 0 Å². The Morgan fingerprint density at radius 1 is 1.45 bits per heavy atom. The smallest absolute Gasteiger partial charge is 0.365 e. The molecule has 1 aromatic heterocycles. The number of carbonyl (C=O) groups excluding carboxylic acids is 1. The molecule has 0 aromatic carbocycles. The number of alkyl halides is 3. The fourth-order valence-corrected chi connectivity index (χ4v) is 1.97. The Bertz CT molecular complexity index is 514. The van der Waals surface area contributed by atoms with Gasteiger partial charge < -0.3 is 16.8 Å². The number of primary amides is 1. The average molecular weight is 288 g/mol. The van der Waals surface area contributed by atoms with E-state index in [1.54, 1.807) is 0 Å². The van der Waals surface area contributed by atoms with E-state index in [1.165, 1.54) is 0 Å². The molecule has 2 rings (SSSR count). The third-order valence-electron chi connectivity index (χ3n) is 3.22. The SMILES string of the molecule is NCC(Nc1nc(C(F)(F)F)ccc1C(N)=O)C1CC1. The van der Waals surface area contributed by atoms with Gasteiger partial charge >= 0.3 is 6.18 Å². The van der Waals surface area contributed by atoms with E-state index in [4.69, 9.17) is 11.5 Å². The maximum Gasteiger partial charge on any atom is 0.433 e. The molecule has 110 valence electrons. The first-order valence-electron chi connectivity index (χ1n) is 6.17. The molecule has 1 amide bonds. The maximum atomic E-state index is 12.7. The van der Waals surface area contributed by atoms with Crippen LogP contribution in [0.3, 0.4) is 0 Å². The minimum Gasteiger partial charge on any atom is -0.365 e. The lowest BCUT2D eigenvalue weighted by Gasteiger charge is -2.19. The molecule has 5 N–H and O–H groups in total. The number of nitrogens with zero attached hydrogens (tertiary/aromatic N) is 1. The molecule has 1 saturated carbocycles. The number of aromatic nitrogens is 1. The highest BCUT2D eigenvalue weighted by Gasteiger charge is 2.35. The average Bonchev–Trinajstić information content (AvgIpc) is 3.18. The van der Waals surface area contributed by atoms with Crippen LogP contribution in [-0.4, -0.2) is 23.5 Å². The molecule has 0 spiro atoms. The molecule has 20 heavy (non-hydrogen) atoms. The molecular formula is C12H15F3N4O. The van der Waals surface area contributed by atoms with E-state index < -0.39 is 17.8 Å². The molecule has 1 unspecified atom stereocenters. The van der Waals surface area contributed by atoms with Crippen LogP contribution in [0.15, 0.2) is 12.1 Å². The van der Waals surface area contributed by atoms with Crippen LogP contribution in [-0.2, 0) is 6.18 Å². The number of hydrogen-bond acceptors (Lipinski definition) is 4. The number of amides is 1. The number of nitrogens with two attached hydrogens (primary N) is 2. The van der Waals surface area contributed by atoms with Crippen LogP contribution < -0.4 is 16.8 Å². The molecule has 1 aromatic rings. The van der Waals surface area contributed by atoms with E-state index in [0.29, 0.717) is 5.92 Å². The molecule has 1 aliphatic rings.